The van der Waals surface area contributed by atoms with Gasteiger partial charge in [-0.1, -0.05) is 12.1 Å². The molecule has 1 atom stereocenters. The van der Waals surface area contributed by atoms with Gasteiger partial charge in [-0.25, -0.2) is 4.98 Å². The van der Waals surface area contributed by atoms with Crippen LogP contribution in [0.25, 0.3) is 0 Å². The number of pyridine rings is 1. The van der Waals surface area contributed by atoms with Crippen molar-refractivity contribution in [1.82, 2.24) is 19.4 Å². The molecular weight excluding hydrogens is 422 g/mol. The van der Waals surface area contributed by atoms with Gasteiger partial charge in [0.1, 0.15) is 22.9 Å². The van der Waals surface area contributed by atoms with Crippen LogP contribution in [-0.2, 0) is 21.7 Å². The largest absolute Gasteiger partial charge is 0.497 e. The number of hydrogen-bond acceptors (Lipinski definition) is 6. The molecule has 1 aromatic carbocycles. The summed E-state index contributed by atoms with van der Waals surface area (Å²) >= 11 is 0. The number of imidazole rings is 1. The highest BCUT2D eigenvalue weighted by atomic mass is 16.5. The first-order valence-corrected chi connectivity index (χ1v) is 10.9. The fourth-order valence-electron chi connectivity index (χ4n) is 4.52. The zero-order valence-corrected chi connectivity index (χ0v) is 18.3. The summed E-state index contributed by atoms with van der Waals surface area (Å²) in [6.45, 7) is 1.36. The molecule has 1 N–H and O–H groups in total. The third kappa shape index (κ3) is 4.07. The molecule has 1 spiro atoms. The van der Waals surface area contributed by atoms with Crippen molar-refractivity contribution >= 4 is 17.5 Å². The van der Waals surface area contributed by atoms with E-state index in [-0.39, 0.29) is 11.8 Å². The Labute approximate surface area is 191 Å². The molecule has 2 aliphatic rings. The van der Waals surface area contributed by atoms with Crippen LogP contribution in [0.5, 0.6) is 5.75 Å². The minimum atomic E-state index is -0.723. The number of methoxy groups -OCH3 is 1. The Morgan fingerprint density at radius 3 is 2.73 bits per heavy atom. The molecule has 0 aliphatic carbocycles. The lowest BCUT2D eigenvalue weighted by atomic mass is 9.88. The molecule has 1 unspecified atom stereocenters. The van der Waals surface area contributed by atoms with Gasteiger partial charge in [0.05, 0.1) is 13.7 Å². The van der Waals surface area contributed by atoms with Crippen molar-refractivity contribution in [2.24, 2.45) is 0 Å². The normalized spacial score (nSPS) is 19.1. The van der Waals surface area contributed by atoms with Gasteiger partial charge in [0.25, 0.3) is 11.8 Å². The number of amides is 2. The molecular formula is C24H25N5O4. The Hall–Kier alpha value is -3.72. The molecule has 170 valence electrons. The SMILES string of the molecule is COc1cccc(NC(=O)C2Cn3ccnc3C3(CCN(C(=O)c4ccccn4)CC3)O2)c1. The van der Waals surface area contributed by atoms with Crippen molar-refractivity contribution in [1.29, 1.82) is 0 Å². The average Bonchev–Trinajstić information content (AvgIpc) is 3.35. The number of fused-ring (bicyclic) bond motifs is 2. The fraction of sp³-hybridized carbons (Fsp3) is 0.333. The summed E-state index contributed by atoms with van der Waals surface area (Å²) in [4.78, 5) is 36.4. The number of likely N-dealkylation sites (tertiary alicyclic amines) is 1. The van der Waals surface area contributed by atoms with Crippen LogP contribution in [-0.4, -0.2) is 57.6 Å². The standard InChI is InChI=1S/C24H25N5O4/c1-32-18-6-4-5-17(15-18)27-21(30)20-16-29-14-11-26-23(29)24(33-20)8-12-28(13-9-24)22(31)19-7-2-3-10-25-19/h2-7,10-11,14-15,20H,8-9,12-13,16H2,1H3,(H,27,30). The van der Waals surface area contributed by atoms with E-state index in [0.29, 0.717) is 49.6 Å². The monoisotopic (exact) mass is 447 g/mol. The first-order valence-electron chi connectivity index (χ1n) is 10.9. The van der Waals surface area contributed by atoms with E-state index in [0.717, 1.165) is 5.82 Å². The summed E-state index contributed by atoms with van der Waals surface area (Å²) in [5, 5.41) is 2.93. The molecule has 3 aromatic rings. The summed E-state index contributed by atoms with van der Waals surface area (Å²) in [5.41, 5.74) is 0.346. The van der Waals surface area contributed by atoms with E-state index in [2.05, 4.69) is 15.3 Å². The van der Waals surface area contributed by atoms with Gasteiger partial charge in [0, 0.05) is 56.3 Å². The lowest BCUT2D eigenvalue weighted by molar-refractivity contribution is -0.168. The second-order valence-corrected chi connectivity index (χ2v) is 8.23. The van der Waals surface area contributed by atoms with Crippen LogP contribution in [0.1, 0.15) is 29.2 Å². The summed E-state index contributed by atoms with van der Waals surface area (Å²) in [5.74, 6) is 1.14. The van der Waals surface area contributed by atoms with Crippen LogP contribution < -0.4 is 10.1 Å². The highest BCUT2D eigenvalue weighted by molar-refractivity contribution is 5.94. The maximum Gasteiger partial charge on any atom is 0.272 e. The number of anilines is 1. The lowest BCUT2D eigenvalue weighted by Crippen LogP contribution is -2.54. The van der Waals surface area contributed by atoms with E-state index in [9.17, 15) is 9.59 Å². The van der Waals surface area contributed by atoms with Crippen LogP contribution in [0.4, 0.5) is 5.69 Å². The number of nitrogens with one attached hydrogen (secondary N) is 1. The van der Waals surface area contributed by atoms with Gasteiger partial charge >= 0.3 is 0 Å². The molecule has 2 aromatic heterocycles. The molecule has 4 heterocycles. The number of ether oxygens (including phenoxy) is 2. The summed E-state index contributed by atoms with van der Waals surface area (Å²) in [7, 11) is 1.58. The number of hydrogen-bond donors (Lipinski definition) is 1. The topological polar surface area (TPSA) is 98.6 Å². The van der Waals surface area contributed by atoms with E-state index in [1.54, 1.807) is 48.7 Å². The fourth-order valence-corrected chi connectivity index (χ4v) is 4.52. The van der Waals surface area contributed by atoms with Crippen LogP contribution >= 0.6 is 0 Å². The summed E-state index contributed by atoms with van der Waals surface area (Å²) in [6, 6.07) is 12.5. The van der Waals surface area contributed by atoms with Gasteiger partial charge in [-0.2, -0.15) is 0 Å². The molecule has 0 saturated carbocycles. The number of rotatable bonds is 4. The van der Waals surface area contributed by atoms with E-state index in [4.69, 9.17) is 9.47 Å². The second kappa shape index (κ2) is 8.67. The number of carbonyl (C=O) groups excluding carboxylic acids is 2. The Balaban J connectivity index is 1.32. The lowest BCUT2D eigenvalue weighted by Gasteiger charge is -2.45. The molecule has 1 fully saturated rings. The van der Waals surface area contributed by atoms with Gasteiger partial charge in [-0.3, -0.25) is 14.6 Å². The van der Waals surface area contributed by atoms with Gasteiger partial charge < -0.3 is 24.3 Å². The second-order valence-electron chi connectivity index (χ2n) is 8.23. The highest BCUT2D eigenvalue weighted by Gasteiger charge is 2.47. The third-order valence-electron chi connectivity index (χ3n) is 6.23. The number of piperidine rings is 1. The van der Waals surface area contributed by atoms with Crippen molar-refractivity contribution in [2.45, 2.75) is 31.1 Å². The minimum Gasteiger partial charge on any atom is -0.497 e. The molecule has 9 heteroatoms. The Bertz CT molecular complexity index is 1150. The molecule has 33 heavy (non-hydrogen) atoms. The molecule has 1 saturated heterocycles. The van der Waals surface area contributed by atoms with Gasteiger partial charge in [-0.05, 0) is 24.3 Å². The predicted molar refractivity (Wildman–Crippen MR) is 120 cm³/mol. The zero-order valence-electron chi connectivity index (χ0n) is 18.3. The molecule has 0 bridgehead atoms. The van der Waals surface area contributed by atoms with Crippen LogP contribution in [0, 0.1) is 0 Å². The number of carbonyl (C=O) groups is 2. The van der Waals surface area contributed by atoms with Crippen molar-refractivity contribution in [3.8, 4) is 5.75 Å². The average molecular weight is 447 g/mol. The number of nitrogens with zero attached hydrogens (tertiary/aromatic N) is 4. The van der Waals surface area contributed by atoms with Gasteiger partial charge in [0.2, 0.25) is 0 Å². The van der Waals surface area contributed by atoms with Crippen LogP contribution in [0.15, 0.2) is 61.1 Å². The van der Waals surface area contributed by atoms with Crippen molar-refractivity contribution in [3.63, 3.8) is 0 Å². The maximum atomic E-state index is 13.1. The van der Waals surface area contributed by atoms with E-state index in [1.165, 1.54) is 0 Å². The van der Waals surface area contributed by atoms with Gasteiger partial charge in [0.15, 0.2) is 6.10 Å². The van der Waals surface area contributed by atoms with Crippen LogP contribution in [0.2, 0.25) is 0 Å². The van der Waals surface area contributed by atoms with Crippen molar-refractivity contribution < 1.29 is 19.1 Å². The third-order valence-corrected chi connectivity index (χ3v) is 6.23. The Kier molecular flexibility index (Phi) is 5.55. The first kappa shape index (κ1) is 21.1. The van der Waals surface area contributed by atoms with Crippen molar-refractivity contribution in [2.75, 3.05) is 25.5 Å². The maximum absolute atomic E-state index is 13.1. The van der Waals surface area contributed by atoms with E-state index < -0.39 is 11.7 Å². The Morgan fingerprint density at radius 1 is 1.12 bits per heavy atom. The molecule has 2 amide bonds. The van der Waals surface area contributed by atoms with Crippen molar-refractivity contribution in [3.05, 3.63) is 72.6 Å². The van der Waals surface area contributed by atoms with Crippen LogP contribution in [0.3, 0.4) is 0 Å². The predicted octanol–water partition coefficient (Wildman–Crippen LogP) is 2.46. The molecule has 0 radical (unpaired) electrons. The summed E-state index contributed by atoms with van der Waals surface area (Å²) in [6.07, 6.45) is 5.63. The smallest absolute Gasteiger partial charge is 0.272 e. The minimum absolute atomic E-state index is 0.100. The molecule has 5 rings (SSSR count). The number of aromatic nitrogens is 3. The molecule has 2 aliphatic heterocycles. The first-order chi connectivity index (χ1) is 16.1. The molecule has 9 nitrogen and oxygen atoms in total. The van der Waals surface area contributed by atoms with E-state index in [1.807, 2.05) is 29.0 Å². The van der Waals surface area contributed by atoms with Gasteiger partial charge in [-0.15, -0.1) is 0 Å². The van der Waals surface area contributed by atoms with E-state index >= 15 is 0 Å². The highest BCUT2D eigenvalue weighted by Crippen LogP contribution is 2.40. The summed E-state index contributed by atoms with van der Waals surface area (Å²) < 4.78 is 13.7. The quantitative estimate of drug-likeness (QED) is 0.660. The Morgan fingerprint density at radius 2 is 1.97 bits per heavy atom. The number of benzene rings is 1. The zero-order chi connectivity index (χ0) is 22.8.